The van der Waals surface area contributed by atoms with Gasteiger partial charge in [0.1, 0.15) is 12.4 Å². The number of aryl methyl sites for hydroxylation is 1. The Morgan fingerprint density at radius 1 is 1.21 bits per heavy atom. The number of hydrogen-bond acceptors (Lipinski definition) is 4. The molecule has 0 unspecified atom stereocenters. The summed E-state index contributed by atoms with van der Waals surface area (Å²) < 4.78 is 43.3. The first kappa shape index (κ1) is 17.5. The van der Waals surface area contributed by atoms with Gasteiger partial charge in [-0.1, -0.05) is 23.8 Å². The maximum atomic E-state index is 12.7. The van der Waals surface area contributed by atoms with E-state index in [0.717, 1.165) is 6.07 Å². The van der Waals surface area contributed by atoms with Crippen LogP contribution in [0.1, 0.15) is 21.5 Å². The first-order chi connectivity index (χ1) is 11.2. The van der Waals surface area contributed by atoms with Crippen molar-refractivity contribution >= 4 is 11.5 Å². The highest BCUT2D eigenvalue weighted by Crippen LogP contribution is 2.30. The average Bonchev–Trinajstić information content (AvgIpc) is 2.52. The SMILES string of the molecule is Cc1ccc(OCc2ccccc2[N+](=O)[O-])c(C(=O)C(F)(F)F)c1. The molecule has 0 aliphatic rings. The van der Waals surface area contributed by atoms with E-state index >= 15 is 0 Å². The zero-order chi connectivity index (χ0) is 17.9. The highest BCUT2D eigenvalue weighted by molar-refractivity contribution is 6.02. The van der Waals surface area contributed by atoms with Crippen LogP contribution in [-0.4, -0.2) is 16.9 Å². The van der Waals surface area contributed by atoms with E-state index in [1.165, 1.54) is 30.3 Å². The summed E-state index contributed by atoms with van der Waals surface area (Å²) in [5.74, 6) is -2.30. The number of para-hydroxylation sites is 1. The second-order valence-corrected chi connectivity index (χ2v) is 5.00. The normalized spacial score (nSPS) is 11.2. The molecule has 0 saturated heterocycles. The standard InChI is InChI=1S/C16H12F3NO4/c1-10-6-7-14(12(8-10)15(21)16(17,18)19)24-9-11-4-2-3-5-13(11)20(22)23/h2-8H,9H2,1H3. The van der Waals surface area contributed by atoms with Gasteiger partial charge in [0.05, 0.1) is 16.1 Å². The van der Waals surface area contributed by atoms with Gasteiger partial charge in [-0.3, -0.25) is 14.9 Å². The van der Waals surface area contributed by atoms with Crippen LogP contribution in [0.2, 0.25) is 0 Å². The lowest BCUT2D eigenvalue weighted by molar-refractivity contribution is -0.385. The molecule has 0 bridgehead atoms. The number of rotatable bonds is 5. The Kier molecular flexibility index (Phi) is 4.87. The number of Topliss-reactive ketones (excluding diaryl/α,β-unsaturated/α-hetero) is 1. The lowest BCUT2D eigenvalue weighted by atomic mass is 10.1. The minimum atomic E-state index is -5.04. The number of benzene rings is 2. The maximum Gasteiger partial charge on any atom is 0.455 e. The Bertz CT molecular complexity index is 787. The molecule has 0 fully saturated rings. The molecule has 0 aromatic heterocycles. The van der Waals surface area contributed by atoms with E-state index in [4.69, 9.17) is 4.74 Å². The van der Waals surface area contributed by atoms with Gasteiger partial charge in [-0.05, 0) is 25.1 Å². The van der Waals surface area contributed by atoms with E-state index in [-0.39, 0.29) is 23.6 Å². The maximum absolute atomic E-state index is 12.7. The molecule has 0 saturated carbocycles. The molecule has 2 aromatic carbocycles. The Labute approximate surface area is 134 Å². The molecule has 24 heavy (non-hydrogen) atoms. The van der Waals surface area contributed by atoms with E-state index in [9.17, 15) is 28.1 Å². The lowest BCUT2D eigenvalue weighted by Crippen LogP contribution is -2.23. The zero-order valence-electron chi connectivity index (χ0n) is 12.5. The van der Waals surface area contributed by atoms with Crippen molar-refractivity contribution in [3.05, 3.63) is 69.3 Å². The Balaban J connectivity index is 2.32. The van der Waals surface area contributed by atoms with E-state index in [1.54, 1.807) is 13.0 Å². The Morgan fingerprint density at radius 2 is 1.88 bits per heavy atom. The Hall–Kier alpha value is -2.90. The molecule has 2 rings (SSSR count). The minimum Gasteiger partial charge on any atom is -0.488 e. The summed E-state index contributed by atoms with van der Waals surface area (Å²) in [5.41, 5.74) is -0.191. The molecular weight excluding hydrogens is 327 g/mol. The van der Waals surface area contributed by atoms with Crippen LogP contribution in [-0.2, 0) is 6.61 Å². The summed E-state index contributed by atoms with van der Waals surface area (Å²) in [7, 11) is 0. The molecule has 2 aromatic rings. The summed E-state index contributed by atoms with van der Waals surface area (Å²) >= 11 is 0. The van der Waals surface area contributed by atoms with Gasteiger partial charge in [0, 0.05) is 6.07 Å². The molecule has 5 nitrogen and oxygen atoms in total. The predicted molar refractivity (Wildman–Crippen MR) is 79.0 cm³/mol. The molecule has 0 heterocycles. The second kappa shape index (κ2) is 6.69. The molecule has 8 heteroatoms. The number of nitro benzene ring substituents is 1. The monoisotopic (exact) mass is 339 g/mol. The van der Waals surface area contributed by atoms with Crippen molar-refractivity contribution in [2.75, 3.05) is 0 Å². The third-order valence-corrected chi connectivity index (χ3v) is 3.21. The summed E-state index contributed by atoms with van der Waals surface area (Å²) in [6.07, 6.45) is -5.04. The number of nitrogens with zero attached hydrogens (tertiary/aromatic N) is 1. The molecule has 0 radical (unpaired) electrons. The summed E-state index contributed by atoms with van der Waals surface area (Å²) in [6.45, 7) is 1.21. The number of halogens is 3. The van der Waals surface area contributed by atoms with Gasteiger partial charge in [0.15, 0.2) is 0 Å². The summed E-state index contributed by atoms with van der Waals surface area (Å²) in [6, 6.07) is 9.50. The third kappa shape index (κ3) is 3.89. The third-order valence-electron chi connectivity index (χ3n) is 3.21. The van der Waals surface area contributed by atoms with Crippen molar-refractivity contribution in [3.63, 3.8) is 0 Å². The van der Waals surface area contributed by atoms with Gasteiger partial charge in [0.25, 0.3) is 11.5 Å². The minimum absolute atomic E-state index is 0.188. The number of carbonyl (C=O) groups is 1. The van der Waals surface area contributed by atoms with Gasteiger partial charge < -0.3 is 4.74 Å². The van der Waals surface area contributed by atoms with Gasteiger partial charge in [0.2, 0.25) is 0 Å². The highest BCUT2D eigenvalue weighted by Gasteiger charge is 2.40. The first-order valence-electron chi connectivity index (χ1n) is 6.77. The molecule has 0 aliphatic heterocycles. The average molecular weight is 339 g/mol. The molecule has 126 valence electrons. The van der Waals surface area contributed by atoms with Crippen LogP contribution in [0, 0.1) is 17.0 Å². The molecule has 0 aliphatic carbocycles. The van der Waals surface area contributed by atoms with Crippen molar-refractivity contribution < 1.29 is 27.6 Å². The smallest absolute Gasteiger partial charge is 0.455 e. The van der Waals surface area contributed by atoms with Crippen molar-refractivity contribution in [2.45, 2.75) is 19.7 Å². The molecule has 0 atom stereocenters. The number of carbonyl (C=O) groups excluding carboxylic acids is 1. The fourth-order valence-corrected chi connectivity index (χ4v) is 2.07. The van der Waals surface area contributed by atoms with E-state index < -0.39 is 22.4 Å². The van der Waals surface area contributed by atoms with Crippen LogP contribution in [0.25, 0.3) is 0 Å². The zero-order valence-corrected chi connectivity index (χ0v) is 12.5. The van der Waals surface area contributed by atoms with Crippen LogP contribution in [0.5, 0.6) is 5.75 Å². The predicted octanol–water partition coefficient (Wildman–Crippen LogP) is 4.23. The fraction of sp³-hybridized carbons (Fsp3) is 0.188. The van der Waals surface area contributed by atoms with Crippen molar-refractivity contribution in [2.24, 2.45) is 0 Å². The summed E-state index contributed by atoms with van der Waals surface area (Å²) in [5, 5.41) is 10.9. The van der Waals surface area contributed by atoms with Gasteiger partial charge in [-0.2, -0.15) is 13.2 Å². The van der Waals surface area contributed by atoms with Crippen molar-refractivity contribution in [3.8, 4) is 5.75 Å². The first-order valence-corrected chi connectivity index (χ1v) is 6.77. The summed E-state index contributed by atoms with van der Waals surface area (Å²) in [4.78, 5) is 21.8. The van der Waals surface area contributed by atoms with Crippen molar-refractivity contribution in [1.82, 2.24) is 0 Å². The number of alkyl halides is 3. The van der Waals surface area contributed by atoms with Crippen molar-refractivity contribution in [1.29, 1.82) is 0 Å². The number of nitro groups is 1. The highest BCUT2D eigenvalue weighted by atomic mass is 19.4. The van der Waals surface area contributed by atoms with Gasteiger partial charge >= 0.3 is 6.18 Å². The molecule has 0 N–H and O–H groups in total. The van der Waals surface area contributed by atoms with Crippen LogP contribution in [0.3, 0.4) is 0 Å². The van der Waals surface area contributed by atoms with E-state index in [0.29, 0.717) is 5.56 Å². The molecular formula is C16H12F3NO4. The van der Waals surface area contributed by atoms with Gasteiger partial charge in [-0.15, -0.1) is 0 Å². The molecule has 0 spiro atoms. The Morgan fingerprint density at radius 3 is 2.50 bits per heavy atom. The number of ether oxygens (including phenoxy) is 1. The van der Waals surface area contributed by atoms with Crippen LogP contribution in [0.15, 0.2) is 42.5 Å². The number of hydrogen-bond donors (Lipinski definition) is 0. The van der Waals surface area contributed by atoms with Gasteiger partial charge in [-0.25, -0.2) is 0 Å². The van der Waals surface area contributed by atoms with Crippen LogP contribution < -0.4 is 4.74 Å². The largest absolute Gasteiger partial charge is 0.488 e. The number of ketones is 1. The fourth-order valence-electron chi connectivity index (χ4n) is 2.07. The second-order valence-electron chi connectivity index (χ2n) is 5.00. The molecule has 0 amide bonds. The van der Waals surface area contributed by atoms with Crippen LogP contribution >= 0.6 is 0 Å². The van der Waals surface area contributed by atoms with E-state index in [2.05, 4.69) is 0 Å². The lowest BCUT2D eigenvalue weighted by Gasteiger charge is -2.13. The van der Waals surface area contributed by atoms with E-state index in [1.807, 2.05) is 0 Å². The quantitative estimate of drug-likeness (QED) is 0.464. The van der Waals surface area contributed by atoms with Crippen LogP contribution in [0.4, 0.5) is 18.9 Å². The topological polar surface area (TPSA) is 69.4 Å².